The van der Waals surface area contributed by atoms with Crippen molar-refractivity contribution in [1.82, 2.24) is 5.32 Å². The van der Waals surface area contributed by atoms with E-state index in [4.69, 9.17) is 16.7 Å². The van der Waals surface area contributed by atoms with Crippen LogP contribution in [0.5, 0.6) is 0 Å². The van der Waals surface area contributed by atoms with Crippen molar-refractivity contribution in [1.29, 1.82) is 0 Å². The molecular formula is C27H21ClFNO3. The molecule has 33 heavy (non-hydrogen) atoms. The third-order valence-corrected chi connectivity index (χ3v) is 5.92. The topological polar surface area (TPSA) is 66.4 Å². The Morgan fingerprint density at radius 3 is 2.48 bits per heavy atom. The van der Waals surface area contributed by atoms with Crippen LogP contribution in [0.15, 0.2) is 66.7 Å². The molecule has 0 saturated carbocycles. The number of rotatable bonds is 6. The summed E-state index contributed by atoms with van der Waals surface area (Å²) in [6.45, 7) is 2.48. The molecule has 1 aliphatic heterocycles. The van der Waals surface area contributed by atoms with Gasteiger partial charge in [0.1, 0.15) is 5.82 Å². The lowest BCUT2D eigenvalue weighted by Gasteiger charge is -2.18. The third-order valence-electron chi connectivity index (χ3n) is 5.61. The van der Waals surface area contributed by atoms with E-state index in [0.29, 0.717) is 23.6 Å². The maximum atomic E-state index is 13.7. The van der Waals surface area contributed by atoms with Crippen molar-refractivity contribution >= 4 is 40.7 Å². The van der Waals surface area contributed by atoms with Crippen LogP contribution in [-0.2, 0) is 11.3 Å². The average Bonchev–Trinajstić information content (AvgIpc) is 3.17. The molecular weight excluding hydrogens is 441 g/mol. The summed E-state index contributed by atoms with van der Waals surface area (Å²) in [6, 6.07) is 17.6. The molecule has 3 aromatic rings. The SMILES string of the molecule is CC/C(=C(/c1ccc(/C=C/C(=O)O)cc1)c1ccc2c(c1)CNC2=O)c1ccc(F)cc1Cl. The molecule has 0 radical (unpaired) electrons. The number of aliphatic carboxylic acids is 1. The van der Waals surface area contributed by atoms with Crippen LogP contribution in [0.1, 0.15) is 51.5 Å². The molecule has 1 aliphatic rings. The molecule has 0 unspecified atom stereocenters. The minimum Gasteiger partial charge on any atom is -0.478 e. The first-order valence-corrected chi connectivity index (χ1v) is 10.9. The van der Waals surface area contributed by atoms with Crippen molar-refractivity contribution in [2.75, 3.05) is 0 Å². The zero-order valence-electron chi connectivity index (χ0n) is 17.9. The second-order valence-corrected chi connectivity index (χ2v) is 8.09. The summed E-state index contributed by atoms with van der Waals surface area (Å²) in [5, 5.41) is 12.0. The van der Waals surface area contributed by atoms with Gasteiger partial charge in [0.15, 0.2) is 0 Å². The molecule has 0 saturated heterocycles. The van der Waals surface area contributed by atoms with Gasteiger partial charge in [-0.15, -0.1) is 0 Å². The van der Waals surface area contributed by atoms with E-state index in [9.17, 15) is 14.0 Å². The Morgan fingerprint density at radius 1 is 1.09 bits per heavy atom. The number of fused-ring (bicyclic) bond motifs is 1. The lowest BCUT2D eigenvalue weighted by molar-refractivity contribution is -0.131. The molecule has 0 atom stereocenters. The van der Waals surface area contributed by atoms with Crippen LogP contribution in [-0.4, -0.2) is 17.0 Å². The normalized spacial score (nSPS) is 13.6. The van der Waals surface area contributed by atoms with Gasteiger partial charge in [-0.25, -0.2) is 9.18 Å². The summed E-state index contributed by atoms with van der Waals surface area (Å²) in [6.07, 6.45) is 3.25. The van der Waals surface area contributed by atoms with Gasteiger partial charge in [0.2, 0.25) is 0 Å². The van der Waals surface area contributed by atoms with Gasteiger partial charge in [0, 0.05) is 18.2 Å². The molecule has 166 valence electrons. The first kappa shape index (κ1) is 22.5. The number of amides is 1. The van der Waals surface area contributed by atoms with Crippen LogP contribution >= 0.6 is 11.6 Å². The summed E-state index contributed by atoms with van der Waals surface area (Å²) >= 11 is 6.44. The molecule has 0 fully saturated rings. The van der Waals surface area contributed by atoms with Gasteiger partial charge in [-0.3, -0.25) is 4.79 Å². The molecule has 0 bridgehead atoms. The first-order chi connectivity index (χ1) is 15.9. The quantitative estimate of drug-likeness (QED) is 0.340. The van der Waals surface area contributed by atoms with Crippen LogP contribution in [0, 0.1) is 5.82 Å². The lowest BCUT2D eigenvalue weighted by Crippen LogP contribution is -2.12. The Labute approximate surface area is 196 Å². The zero-order chi connectivity index (χ0) is 23.5. The predicted molar refractivity (Wildman–Crippen MR) is 128 cm³/mol. The summed E-state index contributed by atoms with van der Waals surface area (Å²) in [4.78, 5) is 22.9. The fourth-order valence-electron chi connectivity index (χ4n) is 4.07. The van der Waals surface area contributed by atoms with Crippen molar-refractivity contribution in [3.8, 4) is 0 Å². The highest BCUT2D eigenvalue weighted by molar-refractivity contribution is 6.32. The molecule has 0 aromatic heterocycles. The molecule has 1 heterocycles. The van der Waals surface area contributed by atoms with Gasteiger partial charge in [-0.1, -0.05) is 54.9 Å². The van der Waals surface area contributed by atoms with Crippen molar-refractivity contribution in [3.05, 3.63) is 111 Å². The third kappa shape index (κ3) is 4.73. The van der Waals surface area contributed by atoms with E-state index in [2.05, 4.69) is 5.32 Å². The number of carbonyl (C=O) groups excluding carboxylic acids is 1. The Kier molecular flexibility index (Phi) is 6.43. The standard InChI is InChI=1S/C27H21ClFNO3/c1-2-21(23-11-9-20(29)14-24(23)28)26(17-6-3-16(4-7-17)5-12-25(31)32)18-8-10-22-19(13-18)15-30-27(22)33/h3-14H,2,15H2,1H3,(H,30,33)(H,31,32)/b12-5+,26-21+. The number of carboxylic acid groups (broad SMARTS) is 1. The summed E-state index contributed by atoms with van der Waals surface area (Å²) < 4.78 is 13.7. The van der Waals surface area contributed by atoms with Crippen LogP contribution in [0.3, 0.4) is 0 Å². The number of benzene rings is 3. The van der Waals surface area contributed by atoms with Gasteiger partial charge in [0.25, 0.3) is 5.91 Å². The van der Waals surface area contributed by atoms with Gasteiger partial charge < -0.3 is 10.4 Å². The van der Waals surface area contributed by atoms with Gasteiger partial charge in [-0.2, -0.15) is 0 Å². The minimum atomic E-state index is -1.01. The molecule has 6 heteroatoms. The highest BCUT2D eigenvalue weighted by Gasteiger charge is 2.21. The Hall–Kier alpha value is -3.70. The van der Waals surface area contributed by atoms with E-state index in [1.165, 1.54) is 18.2 Å². The number of carbonyl (C=O) groups is 2. The van der Waals surface area contributed by atoms with Crippen LogP contribution < -0.4 is 5.32 Å². The number of carboxylic acids is 1. The highest BCUT2D eigenvalue weighted by atomic mass is 35.5. The van der Waals surface area contributed by atoms with Crippen LogP contribution in [0.25, 0.3) is 17.2 Å². The fourth-order valence-corrected chi connectivity index (χ4v) is 4.35. The molecule has 4 rings (SSSR count). The second-order valence-electron chi connectivity index (χ2n) is 7.68. The van der Waals surface area contributed by atoms with Gasteiger partial charge in [0.05, 0.1) is 5.02 Å². The Balaban J connectivity index is 1.91. The van der Waals surface area contributed by atoms with E-state index in [1.54, 1.807) is 6.07 Å². The number of halogens is 2. The molecule has 1 amide bonds. The fraction of sp³-hybridized carbons (Fsp3) is 0.111. The lowest BCUT2D eigenvalue weighted by atomic mass is 9.87. The van der Waals surface area contributed by atoms with Crippen molar-refractivity contribution in [2.45, 2.75) is 19.9 Å². The number of allylic oxidation sites excluding steroid dienone is 1. The average molecular weight is 462 g/mol. The first-order valence-electron chi connectivity index (χ1n) is 10.5. The van der Waals surface area contributed by atoms with Gasteiger partial charge in [-0.05, 0) is 75.7 Å². The highest BCUT2D eigenvalue weighted by Crippen LogP contribution is 2.38. The second kappa shape index (κ2) is 9.43. The van der Waals surface area contributed by atoms with Crippen LogP contribution in [0.2, 0.25) is 5.02 Å². The predicted octanol–water partition coefficient (Wildman–Crippen LogP) is 6.19. The Morgan fingerprint density at radius 2 is 1.82 bits per heavy atom. The maximum Gasteiger partial charge on any atom is 0.328 e. The maximum absolute atomic E-state index is 13.7. The van der Waals surface area contributed by atoms with E-state index in [0.717, 1.165) is 45.0 Å². The number of nitrogens with one attached hydrogen (secondary N) is 1. The summed E-state index contributed by atoms with van der Waals surface area (Å²) in [5.74, 6) is -1.51. The smallest absolute Gasteiger partial charge is 0.328 e. The molecule has 3 aromatic carbocycles. The number of hydrogen-bond donors (Lipinski definition) is 2. The van der Waals surface area contributed by atoms with Crippen molar-refractivity contribution < 1.29 is 19.1 Å². The molecule has 0 spiro atoms. The molecule has 0 aliphatic carbocycles. The van der Waals surface area contributed by atoms with E-state index < -0.39 is 11.8 Å². The van der Waals surface area contributed by atoms with E-state index in [-0.39, 0.29) is 5.91 Å². The molecule has 4 nitrogen and oxygen atoms in total. The van der Waals surface area contributed by atoms with Crippen LogP contribution in [0.4, 0.5) is 4.39 Å². The summed E-state index contributed by atoms with van der Waals surface area (Å²) in [5.41, 5.74) is 6.73. The van der Waals surface area contributed by atoms with Crippen molar-refractivity contribution in [2.24, 2.45) is 0 Å². The Bertz CT molecular complexity index is 1310. The van der Waals surface area contributed by atoms with E-state index in [1.807, 2.05) is 49.4 Å². The largest absolute Gasteiger partial charge is 0.478 e. The van der Waals surface area contributed by atoms with Gasteiger partial charge >= 0.3 is 5.97 Å². The minimum absolute atomic E-state index is 0.0889. The zero-order valence-corrected chi connectivity index (χ0v) is 18.6. The summed E-state index contributed by atoms with van der Waals surface area (Å²) in [7, 11) is 0. The van der Waals surface area contributed by atoms with Crippen molar-refractivity contribution in [3.63, 3.8) is 0 Å². The van der Waals surface area contributed by atoms with E-state index >= 15 is 0 Å². The monoisotopic (exact) mass is 461 g/mol. The number of hydrogen-bond acceptors (Lipinski definition) is 2. The molecule has 2 N–H and O–H groups in total.